The number of carboxylic acids is 1. The van der Waals surface area contributed by atoms with Gasteiger partial charge in [-0.05, 0) is 112 Å². The Balaban J connectivity index is 1.86. The van der Waals surface area contributed by atoms with E-state index in [9.17, 15) is 32.3 Å². The molecule has 0 unspecified atom stereocenters. The number of benzene rings is 3. The maximum Gasteiger partial charge on any atom is 0.416 e. The molecule has 2 N–H and O–H groups in total. The van der Waals surface area contributed by atoms with Gasteiger partial charge in [-0.15, -0.1) is 0 Å². The molecule has 0 saturated carbocycles. The van der Waals surface area contributed by atoms with Crippen molar-refractivity contribution in [3.05, 3.63) is 82.6 Å². The van der Waals surface area contributed by atoms with Crippen LogP contribution in [0.25, 0.3) is 0 Å². The summed E-state index contributed by atoms with van der Waals surface area (Å²) in [6, 6.07) is 8.19. The van der Waals surface area contributed by atoms with Gasteiger partial charge in [-0.3, -0.25) is 4.79 Å². The van der Waals surface area contributed by atoms with Gasteiger partial charge < -0.3 is 15.2 Å². The number of nitrogens with one attached hydrogen (secondary N) is 1. The number of alkyl halides is 4. The highest BCUT2D eigenvalue weighted by atomic mass is 79.9. The predicted octanol–water partition coefficient (Wildman–Crippen LogP) is 8.97. The number of anilines is 1. The minimum Gasteiger partial charge on any atom is -0.478 e. The highest BCUT2D eigenvalue weighted by Crippen LogP contribution is 2.42. The number of aromatic carboxylic acids is 1. The second-order valence-electron chi connectivity index (χ2n) is 6.89. The standard InChI is InChI=1S/C22H11Br4F4NO4/c23-16-14(15(21(33)34)17(24)19(26)18(16)25)20(32)31-11-1-3-12(4-2-11)35-13-6-9(8-27)5-10(7-13)22(28,29)30/h1-7H,8H2,(H,31,32)(H,33,34). The lowest BCUT2D eigenvalue weighted by Crippen LogP contribution is -2.18. The van der Waals surface area contributed by atoms with Crippen molar-refractivity contribution in [2.45, 2.75) is 12.9 Å². The van der Waals surface area contributed by atoms with E-state index in [2.05, 4.69) is 69.0 Å². The van der Waals surface area contributed by atoms with E-state index in [1.807, 2.05) is 0 Å². The van der Waals surface area contributed by atoms with Gasteiger partial charge in [0.1, 0.15) is 18.2 Å². The van der Waals surface area contributed by atoms with E-state index < -0.39 is 30.3 Å². The minimum atomic E-state index is -4.67. The van der Waals surface area contributed by atoms with Gasteiger partial charge >= 0.3 is 12.1 Å². The van der Waals surface area contributed by atoms with E-state index in [0.29, 0.717) is 15.0 Å². The van der Waals surface area contributed by atoms with Crippen LogP contribution in [0.2, 0.25) is 0 Å². The molecular weight excluding hydrogens is 738 g/mol. The van der Waals surface area contributed by atoms with Crippen molar-refractivity contribution in [1.82, 2.24) is 0 Å². The SMILES string of the molecule is O=C(O)c1c(Br)c(Br)c(Br)c(Br)c1C(=O)Nc1ccc(Oc2cc(CF)cc(C(F)(F)F)c2)cc1. The molecule has 0 heterocycles. The normalized spacial score (nSPS) is 11.3. The lowest BCUT2D eigenvalue weighted by atomic mass is 10.1. The second kappa shape index (κ2) is 11.0. The van der Waals surface area contributed by atoms with Crippen LogP contribution in [0.1, 0.15) is 31.8 Å². The molecule has 1 amide bonds. The maximum absolute atomic E-state index is 13.0. The Morgan fingerprint density at radius 2 is 1.43 bits per heavy atom. The fourth-order valence-corrected chi connectivity index (χ4v) is 5.41. The van der Waals surface area contributed by atoms with Crippen LogP contribution in [0.4, 0.5) is 23.2 Å². The Bertz CT molecular complexity index is 1310. The largest absolute Gasteiger partial charge is 0.478 e. The molecule has 0 aliphatic carbocycles. The molecule has 0 atom stereocenters. The number of hydrogen-bond acceptors (Lipinski definition) is 3. The Morgan fingerprint density at radius 3 is 1.94 bits per heavy atom. The summed E-state index contributed by atoms with van der Waals surface area (Å²) >= 11 is 12.9. The van der Waals surface area contributed by atoms with Crippen LogP contribution in [-0.2, 0) is 12.9 Å². The summed E-state index contributed by atoms with van der Waals surface area (Å²) < 4.78 is 58.7. The average molecular weight is 749 g/mol. The number of carbonyl (C=O) groups is 2. The van der Waals surface area contributed by atoms with E-state index in [1.165, 1.54) is 24.3 Å². The molecule has 0 aliphatic rings. The van der Waals surface area contributed by atoms with Crippen LogP contribution >= 0.6 is 63.7 Å². The van der Waals surface area contributed by atoms with Crippen LogP contribution < -0.4 is 10.1 Å². The lowest BCUT2D eigenvalue weighted by Gasteiger charge is -2.15. The van der Waals surface area contributed by atoms with Crippen LogP contribution in [0.3, 0.4) is 0 Å². The third-order valence-electron chi connectivity index (χ3n) is 4.50. The monoisotopic (exact) mass is 745 g/mol. The first kappa shape index (κ1) is 27.6. The van der Waals surface area contributed by atoms with Crippen molar-refractivity contribution in [1.29, 1.82) is 0 Å². The summed E-state index contributed by atoms with van der Waals surface area (Å²) in [7, 11) is 0. The highest BCUT2D eigenvalue weighted by molar-refractivity contribution is 9.15. The third-order valence-corrected chi connectivity index (χ3v) is 9.27. The van der Waals surface area contributed by atoms with Crippen LogP contribution in [0.5, 0.6) is 11.5 Å². The molecule has 0 spiro atoms. The summed E-state index contributed by atoms with van der Waals surface area (Å²) in [6.45, 7) is -1.10. The molecule has 0 radical (unpaired) electrons. The van der Waals surface area contributed by atoms with Crippen LogP contribution in [0, 0.1) is 0 Å². The number of hydrogen-bond donors (Lipinski definition) is 2. The van der Waals surface area contributed by atoms with Gasteiger partial charge in [-0.1, -0.05) is 0 Å². The molecule has 0 fully saturated rings. The van der Waals surface area contributed by atoms with Gasteiger partial charge in [-0.25, -0.2) is 9.18 Å². The smallest absolute Gasteiger partial charge is 0.416 e. The molecule has 3 aromatic rings. The van der Waals surface area contributed by atoms with Gasteiger partial charge in [0.2, 0.25) is 0 Å². The van der Waals surface area contributed by atoms with Gasteiger partial charge in [0.05, 0.1) is 16.7 Å². The molecule has 0 aliphatic heterocycles. The highest BCUT2D eigenvalue weighted by Gasteiger charge is 2.31. The summed E-state index contributed by atoms with van der Waals surface area (Å²) in [5.74, 6) is -2.15. The van der Waals surface area contributed by atoms with Crippen molar-refractivity contribution in [2.75, 3.05) is 5.32 Å². The van der Waals surface area contributed by atoms with E-state index in [0.717, 1.165) is 12.1 Å². The first-order chi connectivity index (χ1) is 16.3. The Morgan fingerprint density at radius 1 is 0.857 bits per heavy atom. The molecule has 3 aromatic carbocycles. The molecule has 13 heteroatoms. The van der Waals surface area contributed by atoms with E-state index >= 15 is 0 Å². The Hall–Kier alpha value is -1.96. The van der Waals surface area contributed by atoms with E-state index in [-0.39, 0.29) is 42.8 Å². The van der Waals surface area contributed by atoms with Crippen LogP contribution in [-0.4, -0.2) is 17.0 Å². The van der Waals surface area contributed by atoms with Gasteiger partial charge in [0.15, 0.2) is 0 Å². The van der Waals surface area contributed by atoms with Crippen molar-refractivity contribution in [3.63, 3.8) is 0 Å². The zero-order chi connectivity index (χ0) is 26.1. The fraction of sp³-hybridized carbons (Fsp3) is 0.0909. The number of carbonyl (C=O) groups excluding carboxylic acids is 1. The van der Waals surface area contributed by atoms with Crippen molar-refractivity contribution in [2.24, 2.45) is 0 Å². The van der Waals surface area contributed by atoms with E-state index in [4.69, 9.17) is 4.74 Å². The lowest BCUT2D eigenvalue weighted by molar-refractivity contribution is -0.137. The number of ether oxygens (including phenoxy) is 1. The summed E-state index contributed by atoms with van der Waals surface area (Å²) in [4.78, 5) is 24.7. The van der Waals surface area contributed by atoms with Crippen molar-refractivity contribution >= 4 is 81.3 Å². The quantitative estimate of drug-likeness (QED) is 0.150. The number of amides is 1. The second-order valence-corrected chi connectivity index (χ2v) is 10.1. The molecule has 5 nitrogen and oxygen atoms in total. The molecule has 0 bridgehead atoms. The number of halogens is 8. The summed E-state index contributed by atoms with van der Waals surface area (Å²) in [5, 5.41) is 12.2. The maximum atomic E-state index is 13.0. The summed E-state index contributed by atoms with van der Waals surface area (Å²) in [6.07, 6.45) is -4.67. The fourth-order valence-electron chi connectivity index (χ4n) is 2.94. The van der Waals surface area contributed by atoms with Gasteiger partial charge in [0, 0.05) is 23.6 Å². The molecule has 184 valence electrons. The third kappa shape index (κ3) is 6.25. The molecule has 3 rings (SSSR count). The van der Waals surface area contributed by atoms with Gasteiger partial charge in [-0.2, -0.15) is 13.2 Å². The van der Waals surface area contributed by atoms with Gasteiger partial charge in [0.25, 0.3) is 5.91 Å². The van der Waals surface area contributed by atoms with Crippen molar-refractivity contribution in [3.8, 4) is 11.5 Å². The molecular formula is C22H11Br4F4NO4. The topological polar surface area (TPSA) is 75.6 Å². The average Bonchev–Trinajstić information content (AvgIpc) is 2.80. The predicted molar refractivity (Wildman–Crippen MR) is 135 cm³/mol. The number of rotatable bonds is 6. The molecule has 0 saturated heterocycles. The van der Waals surface area contributed by atoms with E-state index in [1.54, 1.807) is 0 Å². The Labute approximate surface area is 229 Å². The first-order valence-electron chi connectivity index (χ1n) is 9.29. The molecule has 0 aromatic heterocycles. The zero-order valence-corrected chi connectivity index (χ0v) is 23.3. The summed E-state index contributed by atoms with van der Waals surface area (Å²) in [5.41, 5.74) is -1.40. The Kier molecular flexibility index (Phi) is 8.66. The zero-order valence-electron chi connectivity index (χ0n) is 16.9. The van der Waals surface area contributed by atoms with Crippen molar-refractivity contribution < 1.29 is 37.0 Å². The first-order valence-corrected chi connectivity index (χ1v) is 12.5. The minimum absolute atomic E-state index is 0.133. The van der Waals surface area contributed by atoms with Crippen LogP contribution in [0.15, 0.2) is 60.4 Å². The molecule has 35 heavy (non-hydrogen) atoms. The number of carboxylic acid groups (broad SMARTS) is 1.